The molecule has 1 amide bonds. The second kappa shape index (κ2) is 11.1. The van der Waals surface area contributed by atoms with E-state index in [0.29, 0.717) is 20.9 Å². The zero-order valence-electron chi connectivity index (χ0n) is 18.7. The van der Waals surface area contributed by atoms with Crippen LogP contribution in [0.1, 0.15) is 15.9 Å². The number of thiophene rings is 1. The number of para-hydroxylation sites is 1. The maximum Gasteiger partial charge on any atom is 0.339 e. The Morgan fingerprint density at radius 2 is 1.77 bits per heavy atom. The summed E-state index contributed by atoms with van der Waals surface area (Å²) in [6, 6.07) is 20.7. The number of halogens is 1. The summed E-state index contributed by atoms with van der Waals surface area (Å²) in [5.74, 6) is -1.89. The van der Waals surface area contributed by atoms with Crippen LogP contribution < -0.4 is 5.32 Å². The van der Waals surface area contributed by atoms with E-state index < -0.39 is 30.5 Å². The fourth-order valence-corrected chi connectivity index (χ4v) is 4.56. The Labute approximate surface area is 210 Å². The first-order valence-electron chi connectivity index (χ1n) is 10.7. The molecule has 1 atom stereocenters. The molecule has 4 rings (SSSR count). The molecule has 0 fully saturated rings. The van der Waals surface area contributed by atoms with Crippen molar-refractivity contribution in [2.24, 2.45) is 0 Å². The number of hydrogen-bond acceptors (Lipinski definition) is 7. The lowest BCUT2D eigenvalue weighted by molar-refractivity contribution is -0.145. The third-order valence-electron chi connectivity index (χ3n) is 5.20. The van der Waals surface area contributed by atoms with E-state index in [1.54, 1.807) is 30.3 Å². The summed E-state index contributed by atoms with van der Waals surface area (Å²) in [5.41, 5.74) is 2.31. The number of aromatic nitrogens is 1. The van der Waals surface area contributed by atoms with Gasteiger partial charge in [0, 0.05) is 11.8 Å². The van der Waals surface area contributed by atoms with Gasteiger partial charge in [-0.05, 0) is 29.8 Å². The number of amides is 1. The average molecular weight is 509 g/mol. The number of esters is 2. The summed E-state index contributed by atoms with van der Waals surface area (Å²) in [6.07, 6.45) is 0.245. The van der Waals surface area contributed by atoms with Crippen molar-refractivity contribution in [2.75, 3.05) is 13.7 Å². The maximum absolute atomic E-state index is 13.0. The number of nitrogens with one attached hydrogen (secondary N) is 1. The van der Waals surface area contributed by atoms with Crippen LogP contribution in [0.3, 0.4) is 0 Å². The highest BCUT2D eigenvalue weighted by molar-refractivity contribution is 7.19. The number of benzene rings is 2. The van der Waals surface area contributed by atoms with Crippen LogP contribution >= 0.6 is 22.9 Å². The SMILES string of the molecule is COC(=O)C(Cc1ccccc1)NC(=O)COC(=O)c1cc(-c2ccc(Cl)s2)nc2ccccc12. The quantitative estimate of drug-likeness (QED) is 0.347. The molecule has 7 nitrogen and oxygen atoms in total. The molecule has 1 unspecified atom stereocenters. The van der Waals surface area contributed by atoms with E-state index in [0.717, 1.165) is 10.4 Å². The lowest BCUT2D eigenvalue weighted by atomic mass is 10.1. The highest BCUT2D eigenvalue weighted by Gasteiger charge is 2.23. The van der Waals surface area contributed by atoms with Crippen molar-refractivity contribution in [3.63, 3.8) is 0 Å². The van der Waals surface area contributed by atoms with Crippen LogP contribution in [0, 0.1) is 0 Å². The Kier molecular flexibility index (Phi) is 7.74. The summed E-state index contributed by atoms with van der Waals surface area (Å²) in [5, 5.41) is 3.18. The van der Waals surface area contributed by atoms with Gasteiger partial charge in [-0.1, -0.05) is 60.1 Å². The van der Waals surface area contributed by atoms with Crippen molar-refractivity contribution in [2.45, 2.75) is 12.5 Å². The second-order valence-electron chi connectivity index (χ2n) is 7.59. The van der Waals surface area contributed by atoms with Gasteiger partial charge in [0.25, 0.3) is 5.91 Å². The van der Waals surface area contributed by atoms with Gasteiger partial charge < -0.3 is 14.8 Å². The Balaban J connectivity index is 1.49. The first kappa shape index (κ1) is 24.4. The van der Waals surface area contributed by atoms with Crippen molar-refractivity contribution < 1.29 is 23.9 Å². The topological polar surface area (TPSA) is 94.6 Å². The van der Waals surface area contributed by atoms with E-state index in [1.807, 2.05) is 42.5 Å². The minimum Gasteiger partial charge on any atom is -0.467 e. The van der Waals surface area contributed by atoms with Crippen molar-refractivity contribution in [3.8, 4) is 10.6 Å². The molecule has 178 valence electrons. The largest absolute Gasteiger partial charge is 0.467 e. The minimum atomic E-state index is -0.912. The summed E-state index contributed by atoms with van der Waals surface area (Å²) >= 11 is 7.41. The van der Waals surface area contributed by atoms with Crippen LogP contribution in [0.5, 0.6) is 0 Å². The number of nitrogens with zero attached hydrogens (tertiary/aromatic N) is 1. The Bertz CT molecular complexity index is 1370. The van der Waals surface area contributed by atoms with Crippen molar-refractivity contribution in [1.29, 1.82) is 0 Å². The molecule has 2 aromatic heterocycles. The number of methoxy groups -OCH3 is 1. The fourth-order valence-electron chi connectivity index (χ4n) is 3.55. The lowest BCUT2D eigenvalue weighted by Gasteiger charge is -2.17. The van der Waals surface area contributed by atoms with Crippen LogP contribution in [0.25, 0.3) is 21.5 Å². The lowest BCUT2D eigenvalue weighted by Crippen LogP contribution is -2.44. The van der Waals surface area contributed by atoms with Gasteiger partial charge in [-0.15, -0.1) is 11.3 Å². The third-order valence-corrected chi connectivity index (χ3v) is 6.45. The normalized spacial score (nSPS) is 11.6. The molecule has 0 spiro atoms. The third kappa shape index (κ3) is 6.03. The summed E-state index contributed by atoms with van der Waals surface area (Å²) in [7, 11) is 1.25. The smallest absolute Gasteiger partial charge is 0.339 e. The van der Waals surface area contributed by atoms with Gasteiger partial charge in [0.1, 0.15) is 6.04 Å². The van der Waals surface area contributed by atoms with E-state index in [2.05, 4.69) is 10.3 Å². The van der Waals surface area contributed by atoms with E-state index in [1.165, 1.54) is 18.4 Å². The van der Waals surface area contributed by atoms with Gasteiger partial charge in [0.15, 0.2) is 6.61 Å². The second-order valence-corrected chi connectivity index (χ2v) is 9.30. The molecule has 0 saturated heterocycles. The molecule has 35 heavy (non-hydrogen) atoms. The molecule has 4 aromatic rings. The van der Waals surface area contributed by atoms with Crippen molar-refractivity contribution in [3.05, 3.63) is 88.3 Å². The number of pyridine rings is 1. The standard InChI is InChI=1S/C26H21ClN2O5S/c1-33-26(32)21(13-16-7-3-2-4-8-16)29-24(30)15-34-25(31)18-14-20(22-11-12-23(27)35-22)28-19-10-6-5-9-17(18)19/h2-12,14,21H,13,15H2,1H3,(H,29,30). The van der Waals surface area contributed by atoms with E-state index >= 15 is 0 Å². The van der Waals surface area contributed by atoms with Crippen LogP contribution in [-0.4, -0.2) is 42.6 Å². The molecule has 1 N–H and O–H groups in total. The number of ether oxygens (including phenoxy) is 2. The Hall–Kier alpha value is -3.75. The monoisotopic (exact) mass is 508 g/mol. The fraction of sp³-hybridized carbons (Fsp3) is 0.154. The molecular formula is C26H21ClN2O5S. The number of carbonyl (C=O) groups excluding carboxylic acids is 3. The predicted molar refractivity (Wildman–Crippen MR) is 134 cm³/mol. The number of hydrogen-bond donors (Lipinski definition) is 1. The number of fused-ring (bicyclic) bond motifs is 1. The van der Waals surface area contributed by atoms with Crippen molar-refractivity contribution in [1.82, 2.24) is 10.3 Å². The zero-order chi connectivity index (χ0) is 24.8. The van der Waals surface area contributed by atoms with Gasteiger partial charge in [-0.25, -0.2) is 14.6 Å². The van der Waals surface area contributed by atoms with Crippen LogP contribution in [0.4, 0.5) is 0 Å². The molecular weight excluding hydrogens is 488 g/mol. The van der Waals surface area contributed by atoms with Gasteiger partial charge in [-0.2, -0.15) is 0 Å². The summed E-state index contributed by atoms with van der Waals surface area (Å²) in [4.78, 5) is 43.1. The highest BCUT2D eigenvalue weighted by atomic mass is 35.5. The molecule has 0 bridgehead atoms. The average Bonchev–Trinajstić information content (AvgIpc) is 3.32. The first-order chi connectivity index (χ1) is 16.9. The molecule has 0 aliphatic carbocycles. The molecule has 2 heterocycles. The van der Waals surface area contributed by atoms with Gasteiger partial charge in [0.05, 0.1) is 33.1 Å². The molecule has 0 saturated carbocycles. The molecule has 9 heteroatoms. The Morgan fingerprint density at radius 3 is 2.49 bits per heavy atom. The summed E-state index contributed by atoms with van der Waals surface area (Å²) < 4.78 is 10.7. The van der Waals surface area contributed by atoms with Crippen molar-refractivity contribution >= 4 is 51.7 Å². The zero-order valence-corrected chi connectivity index (χ0v) is 20.3. The maximum atomic E-state index is 13.0. The number of rotatable bonds is 8. The predicted octanol–water partition coefficient (Wildman–Crippen LogP) is 4.67. The Morgan fingerprint density at radius 1 is 1.03 bits per heavy atom. The van der Waals surface area contributed by atoms with Crippen LogP contribution in [-0.2, 0) is 25.5 Å². The van der Waals surface area contributed by atoms with Gasteiger partial charge in [-0.3, -0.25) is 4.79 Å². The molecule has 0 aliphatic rings. The van der Waals surface area contributed by atoms with E-state index in [-0.39, 0.29) is 12.0 Å². The van der Waals surface area contributed by atoms with E-state index in [9.17, 15) is 14.4 Å². The van der Waals surface area contributed by atoms with Crippen LogP contribution in [0.15, 0.2) is 72.8 Å². The minimum absolute atomic E-state index is 0.245. The molecule has 2 aromatic carbocycles. The van der Waals surface area contributed by atoms with Gasteiger partial charge in [0.2, 0.25) is 0 Å². The molecule has 0 aliphatic heterocycles. The molecule has 0 radical (unpaired) electrons. The van der Waals surface area contributed by atoms with Gasteiger partial charge >= 0.3 is 11.9 Å². The number of carbonyl (C=O) groups is 3. The first-order valence-corrected chi connectivity index (χ1v) is 11.9. The highest BCUT2D eigenvalue weighted by Crippen LogP contribution is 2.32. The van der Waals surface area contributed by atoms with E-state index in [4.69, 9.17) is 21.1 Å². The summed E-state index contributed by atoms with van der Waals surface area (Å²) in [6.45, 7) is -0.558. The van der Waals surface area contributed by atoms with Crippen LogP contribution in [0.2, 0.25) is 4.34 Å².